The summed E-state index contributed by atoms with van der Waals surface area (Å²) in [5.41, 5.74) is 4.77. The van der Waals surface area contributed by atoms with Gasteiger partial charge in [0.2, 0.25) is 0 Å². The zero-order valence-corrected chi connectivity index (χ0v) is 13.8. The molecule has 0 radical (unpaired) electrons. The predicted molar refractivity (Wildman–Crippen MR) is 98.6 cm³/mol. The van der Waals surface area contributed by atoms with E-state index in [9.17, 15) is 4.39 Å². The molecule has 0 atom stereocenters. The van der Waals surface area contributed by atoms with E-state index in [0.29, 0.717) is 0 Å². The van der Waals surface area contributed by atoms with E-state index in [4.69, 9.17) is 0 Å². The Bertz CT molecular complexity index is 902. The monoisotopic (exact) mass is 315 g/mol. The molecule has 3 rings (SSSR count). The molecule has 0 aliphatic rings. The van der Waals surface area contributed by atoms with Gasteiger partial charge in [0.1, 0.15) is 5.82 Å². The van der Waals surface area contributed by atoms with Crippen LogP contribution in [0.5, 0.6) is 0 Å². The Hall–Kier alpha value is -3.05. The molecule has 0 N–H and O–H groups in total. The van der Waals surface area contributed by atoms with Crippen molar-refractivity contribution >= 4 is 5.69 Å². The zero-order valence-electron chi connectivity index (χ0n) is 13.8. The second-order valence-corrected chi connectivity index (χ2v) is 5.72. The van der Waals surface area contributed by atoms with Crippen LogP contribution < -0.4 is 4.90 Å². The van der Waals surface area contributed by atoms with Crippen molar-refractivity contribution in [1.29, 1.82) is 0 Å². The van der Waals surface area contributed by atoms with Crippen LogP contribution in [0.4, 0.5) is 10.1 Å². The summed E-state index contributed by atoms with van der Waals surface area (Å²) in [6.45, 7) is 0. The minimum atomic E-state index is -0.256. The molecule has 0 aromatic heterocycles. The number of anilines is 1. The lowest BCUT2D eigenvalue weighted by Crippen LogP contribution is -2.10. The molecular weight excluding hydrogens is 297 g/mol. The highest BCUT2D eigenvalue weighted by Crippen LogP contribution is 2.23. The number of hydrogen-bond donors (Lipinski definition) is 0. The van der Waals surface area contributed by atoms with Crippen molar-refractivity contribution in [3.05, 3.63) is 89.7 Å². The molecule has 0 saturated carbocycles. The van der Waals surface area contributed by atoms with Gasteiger partial charge in [-0.1, -0.05) is 60.4 Å². The van der Waals surface area contributed by atoms with Gasteiger partial charge in [-0.2, -0.15) is 0 Å². The second kappa shape index (κ2) is 7.02. The van der Waals surface area contributed by atoms with Gasteiger partial charge in [0.05, 0.1) is 5.69 Å². The van der Waals surface area contributed by atoms with E-state index in [1.54, 1.807) is 6.07 Å². The summed E-state index contributed by atoms with van der Waals surface area (Å²) < 4.78 is 13.5. The van der Waals surface area contributed by atoms with E-state index < -0.39 is 0 Å². The van der Waals surface area contributed by atoms with Crippen LogP contribution in [0.1, 0.15) is 11.1 Å². The van der Waals surface area contributed by atoms with Gasteiger partial charge in [0.25, 0.3) is 0 Å². The Morgan fingerprint density at radius 3 is 2.17 bits per heavy atom. The minimum Gasteiger partial charge on any atom is -0.377 e. The topological polar surface area (TPSA) is 3.24 Å². The van der Waals surface area contributed by atoms with Gasteiger partial charge >= 0.3 is 0 Å². The van der Waals surface area contributed by atoms with Crippen molar-refractivity contribution in [2.24, 2.45) is 0 Å². The Morgan fingerprint density at radius 2 is 1.42 bits per heavy atom. The fourth-order valence-electron chi connectivity index (χ4n) is 2.58. The van der Waals surface area contributed by atoms with Crippen molar-refractivity contribution in [3.63, 3.8) is 0 Å². The molecule has 3 aromatic rings. The zero-order chi connectivity index (χ0) is 16.9. The van der Waals surface area contributed by atoms with E-state index >= 15 is 0 Å². The first kappa shape index (κ1) is 15.8. The van der Waals surface area contributed by atoms with Crippen LogP contribution in [-0.4, -0.2) is 14.1 Å². The molecule has 118 valence electrons. The molecule has 0 spiro atoms. The maximum Gasteiger partial charge on any atom is 0.125 e. The summed E-state index contributed by atoms with van der Waals surface area (Å²) in [7, 11) is 3.77. The number of benzene rings is 3. The first-order chi connectivity index (χ1) is 11.6. The third kappa shape index (κ3) is 3.47. The van der Waals surface area contributed by atoms with Crippen molar-refractivity contribution in [3.8, 4) is 23.0 Å². The first-order valence-corrected chi connectivity index (χ1v) is 7.78. The number of rotatable bonds is 2. The second-order valence-electron chi connectivity index (χ2n) is 5.72. The number of nitrogens with zero attached hydrogens (tertiary/aromatic N) is 1. The summed E-state index contributed by atoms with van der Waals surface area (Å²) in [6.07, 6.45) is 0. The number of hydrogen-bond acceptors (Lipinski definition) is 1. The lowest BCUT2D eigenvalue weighted by Gasteiger charge is -2.14. The average Bonchev–Trinajstić information content (AvgIpc) is 2.61. The standard InChI is InChI=1S/C22H18FN/c1-24(2)22-16-20(23)15-14-19(22)13-12-18-10-6-7-11-21(18)17-8-4-3-5-9-17/h3-11,14-16H,1-2H3. The molecule has 0 fully saturated rings. The third-order valence-corrected chi connectivity index (χ3v) is 3.79. The van der Waals surface area contributed by atoms with Gasteiger partial charge in [-0.3, -0.25) is 0 Å². The van der Waals surface area contributed by atoms with Crippen molar-refractivity contribution in [2.45, 2.75) is 0 Å². The van der Waals surface area contributed by atoms with E-state index in [2.05, 4.69) is 30.0 Å². The lowest BCUT2D eigenvalue weighted by atomic mass is 10.00. The molecule has 3 aromatic carbocycles. The Labute approximate surface area is 142 Å². The molecule has 0 heterocycles. The first-order valence-electron chi connectivity index (χ1n) is 7.78. The molecular formula is C22H18FN. The third-order valence-electron chi connectivity index (χ3n) is 3.79. The molecule has 0 aliphatic heterocycles. The molecule has 0 unspecified atom stereocenters. The van der Waals surface area contributed by atoms with Gasteiger partial charge in [-0.05, 0) is 35.4 Å². The van der Waals surface area contributed by atoms with Gasteiger partial charge in [-0.25, -0.2) is 4.39 Å². The highest BCUT2D eigenvalue weighted by atomic mass is 19.1. The highest BCUT2D eigenvalue weighted by Gasteiger charge is 2.05. The van der Waals surface area contributed by atoms with Gasteiger partial charge in [0, 0.05) is 25.2 Å². The van der Waals surface area contributed by atoms with Crippen LogP contribution in [-0.2, 0) is 0 Å². The minimum absolute atomic E-state index is 0.256. The highest BCUT2D eigenvalue weighted by molar-refractivity contribution is 5.72. The van der Waals surface area contributed by atoms with Crippen molar-refractivity contribution in [2.75, 3.05) is 19.0 Å². The molecule has 2 heteroatoms. The molecule has 1 nitrogen and oxygen atoms in total. The summed E-state index contributed by atoms with van der Waals surface area (Å²) in [6, 6.07) is 22.9. The van der Waals surface area contributed by atoms with E-state index in [1.165, 1.54) is 12.1 Å². The van der Waals surface area contributed by atoms with Crippen LogP contribution in [0.15, 0.2) is 72.8 Å². The summed E-state index contributed by atoms with van der Waals surface area (Å²) in [5.74, 6) is 6.18. The molecule has 24 heavy (non-hydrogen) atoms. The Kier molecular flexibility index (Phi) is 4.63. The molecule has 0 saturated heterocycles. The molecule has 0 aliphatic carbocycles. The van der Waals surface area contributed by atoms with Gasteiger partial charge in [0.15, 0.2) is 0 Å². The summed E-state index contributed by atoms with van der Waals surface area (Å²) >= 11 is 0. The van der Waals surface area contributed by atoms with Crippen LogP contribution in [0.2, 0.25) is 0 Å². The largest absolute Gasteiger partial charge is 0.377 e. The maximum absolute atomic E-state index is 13.5. The van der Waals surface area contributed by atoms with Crippen LogP contribution in [0, 0.1) is 17.7 Å². The fourth-order valence-corrected chi connectivity index (χ4v) is 2.58. The Morgan fingerprint density at radius 1 is 0.750 bits per heavy atom. The molecule has 0 amide bonds. The van der Waals surface area contributed by atoms with Crippen LogP contribution >= 0.6 is 0 Å². The summed E-state index contributed by atoms with van der Waals surface area (Å²) in [5, 5.41) is 0. The lowest BCUT2D eigenvalue weighted by molar-refractivity contribution is 0.627. The fraction of sp³-hybridized carbons (Fsp3) is 0.0909. The quantitative estimate of drug-likeness (QED) is 0.604. The number of halogens is 1. The predicted octanol–water partition coefficient (Wildman–Crippen LogP) is 4.96. The average molecular weight is 315 g/mol. The van der Waals surface area contributed by atoms with E-state index in [0.717, 1.165) is 27.9 Å². The Balaban J connectivity index is 2.05. The normalized spacial score (nSPS) is 9.96. The SMILES string of the molecule is CN(C)c1cc(F)ccc1C#Cc1ccccc1-c1ccccc1. The van der Waals surface area contributed by atoms with E-state index in [-0.39, 0.29) is 5.82 Å². The van der Waals surface area contributed by atoms with Crippen molar-refractivity contribution in [1.82, 2.24) is 0 Å². The van der Waals surface area contributed by atoms with Crippen molar-refractivity contribution < 1.29 is 4.39 Å². The molecule has 0 bridgehead atoms. The smallest absolute Gasteiger partial charge is 0.125 e. The van der Waals surface area contributed by atoms with E-state index in [1.807, 2.05) is 55.4 Å². The van der Waals surface area contributed by atoms with Crippen LogP contribution in [0.3, 0.4) is 0 Å². The van der Waals surface area contributed by atoms with Gasteiger partial charge < -0.3 is 4.90 Å². The van der Waals surface area contributed by atoms with Crippen LogP contribution in [0.25, 0.3) is 11.1 Å². The maximum atomic E-state index is 13.5. The van der Waals surface area contributed by atoms with Gasteiger partial charge in [-0.15, -0.1) is 0 Å². The summed E-state index contributed by atoms with van der Waals surface area (Å²) in [4.78, 5) is 1.87.